The van der Waals surface area contributed by atoms with Gasteiger partial charge in [0.15, 0.2) is 16.4 Å². The van der Waals surface area contributed by atoms with Crippen molar-refractivity contribution < 1.29 is 22.5 Å². The van der Waals surface area contributed by atoms with Crippen LogP contribution in [0.2, 0.25) is 0 Å². The monoisotopic (exact) mass is 409 g/mol. The summed E-state index contributed by atoms with van der Waals surface area (Å²) in [6.07, 6.45) is 0.590. The molecule has 2 heterocycles. The van der Waals surface area contributed by atoms with Crippen molar-refractivity contribution in [1.29, 1.82) is 0 Å². The van der Waals surface area contributed by atoms with Crippen molar-refractivity contribution in [1.82, 2.24) is 9.78 Å². The maximum Gasteiger partial charge on any atom is 0.279 e. The summed E-state index contributed by atoms with van der Waals surface area (Å²) in [5, 5.41) is 7.33. The number of sulfone groups is 1. The van der Waals surface area contributed by atoms with Gasteiger partial charge in [-0.05, 0) is 44.5 Å². The summed E-state index contributed by atoms with van der Waals surface area (Å²) in [6, 6.07) is 5.54. The van der Waals surface area contributed by atoms with Gasteiger partial charge >= 0.3 is 0 Å². The molecule has 2 aromatic rings. The van der Waals surface area contributed by atoms with E-state index in [0.29, 0.717) is 18.7 Å². The van der Waals surface area contributed by atoms with Gasteiger partial charge in [-0.1, -0.05) is 0 Å². The van der Waals surface area contributed by atoms with Crippen molar-refractivity contribution in [3.05, 3.63) is 47.0 Å². The predicted octanol–water partition coefficient (Wildman–Crippen LogP) is 0.652. The van der Waals surface area contributed by atoms with E-state index in [2.05, 4.69) is 10.4 Å². The Labute approximate surface area is 164 Å². The molecular formula is C19H26FN4O3S+. The number of nitrogens with zero attached hydrogens (tertiary/aromatic N) is 2. The molecule has 3 rings (SSSR count). The Morgan fingerprint density at radius 3 is 2.61 bits per heavy atom. The standard InChI is InChI=1S/C19H25FN4O3S/c1-13-18(14(2)24(22-13)17-8-9-28(26,27)12-17)10-23(3)11-19(25)21-16-6-4-15(20)5-7-16/h4-7,17H,8-12H2,1-3H3,(H,21,25)/p+1/t17-/m1/s1. The molecule has 1 unspecified atom stereocenters. The fourth-order valence-corrected chi connectivity index (χ4v) is 5.35. The van der Waals surface area contributed by atoms with E-state index in [9.17, 15) is 17.6 Å². The summed E-state index contributed by atoms with van der Waals surface area (Å²) in [7, 11) is -1.06. The van der Waals surface area contributed by atoms with Crippen LogP contribution in [-0.2, 0) is 21.2 Å². The number of quaternary nitrogens is 1. The van der Waals surface area contributed by atoms with Gasteiger partial charge < -0.3 is 10.2 Å². The molecule has 0 spiro atoms. The molecule has 1 aromatic carbocycles. The fraction of sp³-hybridized carbons (Fsp3) is 0.474. The van der Waals surface area contributed by atoms with Crippen LogP contribution < -0.4 is 10.2 Å². The number of anilines is 1. The Balaban J connectivity index is 1.63. The lowest BCUT2D eigenvalue weighted by atomic mass is 10.1. The van der Waals surface area contributed by atoms with Crippen molar-refractivity contribution in [3.63, 3.8) is 0 Å². The van der Waals surface area contributed by atoms with Crippen LogP contribution in [0.3, 0.4) is 0 Å². The van der Waals surface area contributed by atoms with Gasteiger partial charge in [-0.15, -0.1) is 0 Å². The number of aryl methyl sites for hydroxylation is 1. The highest BCUT2D eigenvalue weighted by atomic mass is 32.2. The van der Waals surface area contributed by atoms with Crippen LogP contribution in [0.4, 0.5) is 10.1 Å². The zero-order chi connectivity index (χ0) is 20.5. The van der Waals surface area contributed by atoms with Crippen LogP contribution >= 0.6 is 0 Å². The van der Waals surface area contributed by atoms with Crippen LogP contribution in [0.15, 0.2) is 24.3 Å². The van der Waals surface area contributed by atoms with Crippen molar-refractivity contribution in [2.24, 2.45) is 0 Å². The Hall–Kier alpha value is -2.26. The first-order valence-electron chi connectivity index (χ1n) is 9.26. The molecule has 152 valence electrons. The predicted molar refractivity (Wildman–Crippen MR) is 104 cm³/mol. The molecule has 1 aromatic heterocycles. The quantitative estimate of drug-likeness (QED) is 0.734. The maximum atomic E-state index is 13.0. The van der Waals surface area contributed by atoms with E-state index in [-0.39, 0.29) is 35.8 Å². The number of nitrogens with one attached hydrogen (secondary N) is 2. The normalized spacial score (nSPS) is 19.5. The van der Waals surface area contributed by atoms with Crippen molar-refractivity contribution >= 4 is 21.4 Å². The zero-order valence-electron chi connectivity index (χ0n) is 16.3. The van der Waals surface area contributed by atoms with Crippen LogP contribution in [0.25, 0.3) is 0 Å². The SMILES string of the molecule is Cc1nn([C@@H]2CCS(=O)(=O)C2)c(C)c1C[NH+](C)CC(=O)Nc1ccc(F)cc1. The van der Waals surface area contributed by atoms with Gasteiger partial charge in [-0.25, -0.2) is 12.8 Å². The summed E-state index contributed by atoms with van der Waals surface area (Å²) in [6.45, 7) is 4.72. The second kappa shape index (κ2) is 8.00. The minimum Gasteiger partial charge on any atom is -0.326 e. The number of hydrogen-bond donors (Lipinski definition) is 2. The van der Waals surface area contributed by atoms with Crippen molar-refractivity contribution in [3.8, 4) is 0 Å². The molecule has 7 nitrogen and oxygen atoms in total. The highest BCUT2D eigenvalue weighted by Gasteiger charge is 2.31. The minimum absolute atomic E-state index is 0.112. The van der Waals surface area contributed by atoms with Crippen LogP contribution in [0.5, 0.6) is 0 Å². The van der Waals surface area contributed by atoms with Gasteiger partial charge in [-0.3, -0.25) is 9.48 Å². The Kier molecular flexibility index (Phi) is 5.85. The van der Waals surface area contributed by atoms with Crippen molar-refractivity contribution in [2.75, 3.05) is 30.4 Å². The number of carbonyl (C=O) groups excluding carboxylic acids is 1. The summed E-state index contributed by atoms with van der Waals surface area (Å²) >= 11 is 0. The number of carbonyl (C=O) groups is 1. The third kappa shape index (κ3) is 4.77. The largest absolute Gasteiger partial charge is 0.326 e. The second-order valence-corrected chi connectivity index (χ2v) is 9.75. The number of aromatic nitrogens is 2. The molecule has 0 bridgehead atoms. The Morgan fingerprint density at radius 1 is 1.32 bits per heavy atom. The molecule has 1 amide bonds. The lowest BCUT2D eigenvalue weighted by Gasteiger charge is -2.15. The minimum atomic E-state index is -2.98. The van der Waals surface area contributed by atoms with E-state index in [0.717, 1.165) is 21.9 Å². The molecule has 1 saturated heterocycles. The lowest BCUT2D eigenvalue weighted by Crippen LogP contribution is -3.08. The number of halogens is 1. The number of likely N-dealkylation sites (N-methyl/N-ethyl adjacent to an activating group) is 1. The molecular weight excluding hydrogens is 383 g/mol. The molecule has 28 heavy (non-hydrogen) atoms. The average Bonchev–Trinajstić information content (AvgIpc) is 3.10. The number of amides is 1. The van der Waals surface area contributed by atoms with Gasteiger partial charge in [0.1, 0.15) is 12.4 Å². The van der Waals surface area contributed by atoms with Gasteiger partial charge in [0.2, 0.25) is 0 Å². The molecule has 1 aliphatic heterocycles. The molecule has 0 aliphatic carbocycles. The van der Waals surface area contributed by atoms with Gasteiger partial charge in [0.25, 0.3) is 5.91 Å². The number of benzene rings is 1. The molecule has 1 aliphatic rings. The summed E-state index contributed by atoms with van der Waals surface area (Å²) < 4.78 is 38.3. The molecule has 1 fully saturated rings. The van der Waals surface area contributed by atoms with Crippen molar-refractivity contribution in [2.45, 2.75) is 32.9 Å². The summed E-state index contributed by atoms with van der Waals surface area (Å²) in [4.78, 5) is 13.2. The highest BCUT2D eigenvalue weighted by molar-refractivity contribution is 7.91. The number of rotatable bonds is 6. The molecule has 2 atom stereocenters. The molecule has 0 radical (unpaired) electrons. The van der Waals surface area contributed by atoms with E-state index in [1.54, 1.807) is 0 Å². The van der Waals surface area contributed by atoms with E-state index in [1.165, 1.54) is 24.3 Å². The third-order valence-corrected chi connectivity index (χ3v) is 6.85. The Morgan fingerprint density at radius 2 is 2.00 bits per heavy atom. The second-order valence-electron chi connectivity index (χ2n) is 7.52. The van der Waals surface area contributed by atoms with Crippen LogP contribution in [-0.4, -0.2) is 49.2 Å². The first-order valence-corrected chi connectivity index (χ1v) is 11.1. The number of hydrogen-bond acceptors (Lipinski definition) is 4. The summed E-state index contributed by atoms with van der Waals surface area (Å²) in [5.41, 5.74) is 3.41. The van der Waals surface area contributed by atoms with Crippen LogP contribution in [0.1, 0.15) is 29.4 Å². The van der Waals surface area contributed by atoms with Gasteiger partial charge in [0.05, 0.1) is 35.9 Å². The average molecular weight is 410 g/mol. The highest BCUT2D eigenvalue weighted by Crippen LogP contribution is 2.26. The zero-order valence-corrected chi connectivity index (χ0v) is 17.1. The van der Waals surface area contributed by atoms with Gasteiger partial charge in [-0.2, -0.15) is 5.10 Å². The topological polar surface area (TPSA) is 85.5 Å². The Bertz CT molecular complexity index is 970. The van der Waals surface area contributed by atoms with Gasteiger partial charge in [0, 0.05) is 11.4 Å². The fourth-order valence-electron chi connectivity index (χ4n) is 3.65. The first-order chi connectivity index (χ1) is 13.1. The molecule has 0 saturated carbocycles. The summed E-state index contributed by atoms with van der Waals surface area (Å²) in [5.74, 6) is -0.163. The van der Waals surface area contributed by atoms with E-state index >= 15 is 0 Å². The molecule has 9 heteroatoms. The van der Waals surface area contributed by atoms with E-state index in [4.69, 9.17) is 0 Å². The smallest absolute Gasteiger partial charge is 0.279 e. The van der Waals surface area contributed by atoms with Crippen LogP contribution in [0, 0.1) is 19.7 Å². The van der Waals surface area contributed by atoms with E-state index < -0.39 is 9.84 Å². The maximum absolute atomic E-state index is 13.0. The first kappa shape index (κ1) is 20.5. The van der Waals surface area contributed by atoms with E-state index in [1.807, 2.05) is 25.6 Å². The third-order valence-electron chi connectivity index (χ3n) is 5.10. The molecule has 2 N–H and O–H groups in total. The lowest BCUT2D eigenvalue weighted by molar-refractivity contribution is -0.885.